The van der Waals surface area contributed by atoms with Gasteiger partial charge in [-0.25, -0.2) is 18.4 Å². The number of hydrogen-bond donors (Lipinski definition) is 2. The van der Waals surface area contributed by atoms with Gasteiger partial charge in [0, 0.05) is 11.2 Å². The maximum atomic E-state index is 13.5. The molecule has 4 aromatic rings. The number of nitrogens with one attached hydrogen (secondary N) is 2. The van der Waals surface area contributed by atoms with Crippen molar-refractivity contribution in [3.05, 3.63) is 104 Å². The molecule has 0 saturated carbocycles. The molecule has 0 aliphatic rings. The average Bonchev–Trinajstić information content (AvgIpc) is 3.38. The Morgan fingerprint density at radius 3 is 2.52 bits per heavy atom. The third-order valence-electron chi connectivity index (χ3n) is 5.24. The molecule has 40 heavy (non-hydrogen) atoms. The van der Waals surface area contributed by atoms with Crippen molar-refractivity contribution >= 4 is 58.5 Å². The van der Waals surface area contributed by atoms with Gasteiger partial charge in [0.25, 0.3) is 18.2 Å². The molecule has 2 aromatic heterocycles. The first-order valence-corrected chi connectivity index (χ1v) is 12.6. The first kappa shape index (κ1) is 28.9. The average molecular weight is 608 g/mol. The highest BCUT2D eigenvalue weighted by Gasteiger charge is 2.25. The summed E-state index contributed by atoms with van der Waals surface area (Å²) in [5, 5.41) is 12.8. The van der Waals surface area contributed by atoms with E-state index >= 15 is 0 Å². The molecule has 0 spiro atoms. The van der Waals surface area contributed by atoms with Crippen molar-refractivity contribution in [3.63, 3.8) is 0 Å². The van der Waals surface area contributed by atoms with Gasteiger partial charge in [0.05, 0.1) is 34.1 Å². The van der Waals surface area contributed by atoms with Crippen LogP contribution < -0.4 is 10.6 Å². The van der Waals surface area contributed by atoms with Gasteiger partial charge in [-0.2, -0.15) is 5.10 Å². The molecule has 4 rings (SSSR count). The minimum atomic E-state index is -2.98. The number of carbonyl (C=O) groups is 2. The van der Waals surface area contributed by atoms with E-state index in [2.05, 4.69) is 25.9 Å². The molecule has 0 unspecified atom stereocenters. The maximum Gasteiger partial charge on any atom is 0.282 e. The molecule has 0 radical (unpaired) electrons. The van der Waals surface area contributed by atoms with E-state index in [9.17, 15) is 18.4 Å². The molecule has 0 saturated heterocycles. The highest BCUT2D eigenvalue weighted by Crippen LogP contribution is 2.31. The fourth-order valence-corrected chi connectivity index (χ4v) is 4.17. The number of amides is 2. The number of aromatic nitrogens is 3. The summed E-state index contributed by atoms with van der Waals surface area (Å²) in [6, 6.07) is 15.9. The third kappa shape index (κ3) is 7.12. The Morgan fingerprint density at radius 1 is 1.02 bits per heavy atom. The lowest BCUT2D eigenvalue weighted by atomic mass is 10.1. The number of halogens is 5. The van der Waals surface area contributed by atoms with Crippen LogP contribution >= 0.6 is 34.8 Å². The molecule has 2 amide bonds. The summed E-state index contributed by atoms with van der Waals surface area (Å²) in [6.07, 6.45) is -0.276. The van der Waals surface area contributed by atoms with Gasteiger partial charge in [-0.05, 0) is 35.9 Å². The number of oxime groups is 1. The molecule has 2 heterocycles. The van der Waals surface area contributed by atoms with Crippen LogP contribution in [0, 0.1) is 0 Å². The number of carbonyl (C=O) groups excluding carboxylic acids is 2. The SMILES string of the molecule is O=C(NC/C=N/OCc1ccccc1)c1cc(Cl)cc(Cl)c1NC(=O)c1cc(C(F)F)nn1-c1ncccc1Cl. The largest absolute Gasteiger partial charge is 0.391 e. The van der Waals surface area contributed by atoms with Crippen molar-refractivity contribution in [2.45, 2.75) is 13.0 Å². The summed E-state index contributed by atoms with van der Waals surface area (Å²) < 4.78 is 27.8. The predicted molar refractivity (Wildman–Crippen MR) is 148 cm³/mol. The molecule has 0 fully saturated rings. The molecular formula is C26H19Cl3F2N6O3. The van der Waals surface area contributed by atoms with Crippen molar-refractivity contribution in [2.75, 3.05) is 11.9 Å². The van der Waals surface area contributed by atoms with Crippen LogP contribution in [0.4, 0.5) is 14.5 Å². The number of nitrogens with zero attached hydrogens (tertiary/aromatic N) is 4. The minimum Gasteiger partial charge on any atom is -0.391 e. The molecule has 0 bridgehead atoms. The molecular weight excluding hydrogens is 589 g/mol. The van der Waals surface area contributed by atoms with Crippen LogP contribution in [0.25, 0.3) is 5.82 Å². The summed E-state index contributed by atoms with van der Waals surface area (Å²) in [5.41, 5.74) is -0.272. The van der Waals surface area contributed by atoms with Crippen LogP contribution in [0.3, 0.4) is 0 Å². The van der Waals surface area contributed by atoms with Gasteiger partial charge in [0.2, 0.25) is 0 Å². The molecule has 14 heteroatoms. The number of anilines is 1. The van der Waals surface area contributed by atoms with E-state index in [1.165, 1.54) is 36.7 Å². The molecule has 0 aliphatic heterocycles. The number of hydrogen-bond acceptors (Lipinski definition) is 6. The zero-order valence-corrected chi connectivity index (χ0v) is 22.6. The molecule has 2 aromatic carbocycles. The predicted octanol–water partition coefficient (Wildman–Crippen LogP) is 6.35. The normalized spacial score (nSPS) is 11.2. The lowest BCUT2D eigenvalue weighted by Crippen LogP contribution is -2.27. The van der Waals surface area contributed by atoms with Gasteiger partial charge < -0.3 is 15.5 Å². The van der Waals surface area contributed by atoms with Crippen LogP contribution in [-0.4, -0.2) is 39.3 Å². The Morgan fingerprint density at radius 2 is 1.80 bits per heavy atom. The van der Waals surface area contributed by atoms with E-state index in [1.807, 2.05) is 30.3 Å². The van der Waals surface area contributed by atoms with Gasteiger partial charge in [-0.1, -0.05) is 70.3 Å². The summed E-state index contributed by atoms with van der Waals surface area (Å²) in [5.74, 6) is -1.60. The Bertz CT molecular complexity index is 1550. The van der Waals surface area contributed by atoms with Crippen LogP contribution in [0.1, 0.15) is 38.5 Å². The Balaban J connectivity index is 1.52. The summed E-state index contributed by atoms with van der Waals surface area (Å²) in [6.45, 7) is 0.229. The smallest absolute Gasteiger partial charge is 0.282 e. The van der Waals surface area contributed by atoms with Crippen molar-refractivity contribution in [3.8, 4) is 5.82 Å². The standard InChI is InChI=1S/C26H19Cl3F2N6O3/c27-16-11-17(25(38)33-9-10-34-40-14-15-5-2-1-3-6-15)22(19(29)12-16)35-26(39)21-13-20(23(30)31)36-37(21)24-18(28)7-4-8-32-24/h1-8,10-13,23H,9,14H2,(H,33,38)(H,35,39)/b34-10+. The topological polar surface area (TPSA) is 110 Å². The molecule has 206 valence electrons. The van der Waals surface area contributed by atoms with E-state index in [0.717, 1.165) is 16.3 Å². The Kier molecular flexibility index (Phi) is 9.65. The van der Waals surface area contributed by atoms with Gasteiger partial charge in [0.1, 0.15) is 18.0 Å². The third-order valence-corrected chi connectivity index (χ3v) is 6.05. The lowest BCUT2D eigenvalue weighted by molar-refractivity contribution is 0.0959. The highest BCUT2D eigenvalue weighted by molar-refractivity contribution is 6.38. The number of alkyl halides is 2. The minimum absolute atomic E-state index is 0.0200. The highest BCUT2D eigenvalue weighted by atomic mass is 35.5. The van der Waals surface area contributed by atoms with Crippen LogP contribution in [0.15, 0.2) is 72.0 Å². The Hall–Kier alpha value is -4.06. The molecule has 2 N–H and O–H groups in total. The van der Waals surface area contributed by atoms with Crippen LogP contribution in [0.2, 0.25) is 15.1 Å². The zero-order valence-electron chi connectivity index (χ0n) is 20.3. The second kappa shape index (κ2) is 13.3. The fraction of sp³-hybridized carbons (Fsp3) is 0.115. The summed E-state index contributed by atoms with van der Waals surface area (Å²) in [7, 11) is 0. The number of pyridine rings is 1. The van der Waals surface area contributed by atoms with Gasteiger partial charge in [-0.3, -0.25) is 9.59 Å². The first-order chi connectivity index (χ1) is 19.2. The van der Waals surface area contributed by atoms with E-state index in [-0.39, 0.29) is 51.0 Å². The monoisotopic (exact) mass is 606 g/mol. The van der Waals surface area contributed by atoms with Gasteiger partial charge in [0.15, 0.2) is 5.82 Å². The number of benzene rings is 2. The van der Waals surface area contributed by atoms with Crippen LogP contribution in [0.5, 0.6) is 0 Å². The lowest BCUT2D eigenvalue weighted by Gasteiger charge is -2.14. The fourth-order valence-electron chi connectivity index (χ4n) is 3.43. The molecule has 9 nitrogen and oxygen atoms in total. The molecule has 0 atom stereocenters. The zero-order chi connectivity index (χ0) is 28.6. The van der Waals surface area contributed by atoms with Gasteiger partial charge >= 0.3 is 0 Å². The van der Waals surface area contributed by atoms with Gasteiger partial charge in [-0.15, -0.1) is 0 Å². The summed E-state index contributed by atoms with van der Waals surface area (Å²) >= 11 is 18.6. The summed E-state index contributed by atoms with van der Waals surface area (Å²) in [4.78, 5) is 35.4. The maximum absolute atomic E-state index is 13.5. The van der Waals surface area contributed by atoms with Crippen LogP contribution in [-0.2, 0) is 11.4 Å². The number of rotatable bonds is 10. The molecule has 0 aliphatic carbocycles. The van der Waals surface area contributed by atoms with E-state index < -0.39 is 23.9 Å². The van der Waals surface area contributed by atoms with Crippen molar-refractivity contribution in [1.29, 1.82) is 0 Å². The van der Waals surface area contributed by atoms with E-state index in [1.54, 1.807) is 0 Å². The van der Waals surface area contributed by atoms with E-state index in [0.29, 0.717) is 0 Å². The van der Waals surface area contributed by atoms with Crippen molar-refractivity contribution in [1.82, 2.24) is 20.1 Å². The second-order valence-electron chi connectivity index (χ2n) is 8.00. The van der Waals surface area contributed by atoms with Crippen molar-refractivity contribution in [2.24, 2.45) is 5.16 Å². The first-order valence-electron chi connectivity index (χ1n) is 11.5. The van der Waals surface area contributed by atoms with Crippen molar-refractivity contribution < 1.29 is 23.2 Å². The Labute approximate surface area is 241 Å². The quantitative estimate of drug-likeness (QED) is 0.161. The van der Waals surface area contributed by atoms with E-state index in [4.69, 9.17) is 39.6 Å². The second-order valence-corrected chi connectivity index (χ2v) is 9.25.